The van der Waals surface area contributed by atoms with E-state index in [0.29, 0.717) is 12.1 Å². The molecule has 19 heavy (non-hydrogen) atoms. The van der Waals surface area contributed by atoms with Crippen LogP contribution in [0.1, 0.15) is 35.2 Å². The van der Waals surface area contributed by atoms with Crippen molar-refractivity contribution in [3.63, 3.8) is 0 Å². The normalized spacial score (nSPS) is 22.5. The predicted octanol–water partition coefficient (Wildman–Crippen LogP) is 1.61. The summed E-state index contributed by atoms with van der Waals surface area (Å²) in [5, 5.41) is 12.4. The molecular formula is C14H19FN2O2. The summed E-state index contributed by atoms with van der Waals surface area (Å²) < 4.78 is 13.5. The van der Waals surface area contributed by atoms with Crippen molar-refractivity contribution in [2.24, 2.45) is 5.92 Å². The molecule has 0 spiro atoms. The summed E-state index contributed by atoms with van der Waals surface area (Å²) in [6.45, 7) is 1.98. The van der Waals surface area contributed by atoms with Gasteiger partial charge in [-0.25, -0.2) is 4.39 Å². The number of nitrogens with one attached hydrogen (secondary N) is 1. The van der Waals surface area contributed by atoms with Gasteiger partial charge in [-0.05, 0) is 31.9 Å². The van der Waals surface area contributed by atoms with Crippen molar-refractivity contribution in [3.8, 4) is 0 Å². The van der Waals surface area contributed by atoms with Crippen molar-refractivity contribution in [3.05, 3.63) is 29.1 Å². The molecule has 0 aromatic heterocycles. The van der Waals surface area contributed by atoms with Crippen LogP contribution in [0.3, 0.4) is 0 Å². The molecule has 4 N–H and O–H groups in total. The SMILES string of the molecule is Cc1c(N)cc(C(=O)NCC2CCCC2O)cc1F. The first-order chi connectivity index (χ1) is 8.99. The highest BCUT2D eigenvalue weighted by atomic mass is 19.1. The lowest BCUT2D eigenvalue weighted by Crippen LogP contribution is -2.32. The number of rotatable bonds is 3. The average molecular weight is 266 g/mol. The fourth-order valence-electron chi connectivity index (χ4n) is 2.41. The van der Waals surface area contributed by atoms with Crippen LogP contribution in [0.4, 0.5) is 10.1 Å². The molecule has 4 nitrogen and oxygen atoms in total. The van der Waals surface area contributed by atoms with Gasteiger partial charge in [-0.1, -0.05) is 6.42 Å². The van der Waals surface area contributed by atoms with Gasteiger partial charge in [0.15, 0.2) is 0 Å². The number of nitrogen functional groups attached to an aromatic ring is 1. The van der Waals surface area contributed by atoms with E-state index >= 15 is 0 Å². The number of halogens is 1. The Morgan fingerprint density at radius 3 is 2.84 bits per heavy atom. The van der Waals surface area contributed by atoms with E-state index in [1.807, 2.05) is 0 Å². The molecule has 1 saturated carbocycles. The largest absolute Gasteiger partial charge is 0.398 e. The fourth-order valence-corrected chi connectivity index (χ4v) is 2.41. The number of anilines is 1. The highest BCUT2D eigenvalue weighted by Crippen LogP contribution is 2.25. The first kappa shape index (κ1) is 13.8. The van der Waals surface area contributed by atoms with E-state index in [2.05, 4.69) is 5.32 Å². The van der Waals surface area contributed by atoms with Crippen LogP contribution in [-0.4, -0.2) is 23.7 Å². The van der Waals surface area contributed by atoms with Gasteiger partial charge in [0.05, 0.1) is 6.10 Å². The lowest BCUT2D eigenvalue weighted by atomic mass is 10.1. The summed E-state index contributed by atoms with van der Waals surface area (Å²) in [6.07, 6.45) is 2.33. The summed E-state index contributed by atoms with van der Waals surface area (Å²) in [7, 11) is 0. The Balaban J connectivity index is 2.00. The predicted molar refractivity (Wildman–Crippen MR) is 71.2 cm³/mol. The van der Waals surface area contributed by atoms with E-state index in [1.165, 1.54) is 12.1 Å². The molecule has 0 bridgehead atoms. The van der Waals surface area contributed by atoms with Crippen LogP contribution >= 0.6 is 0 Å². The maximum atomic E-state index is 13.5. The molecule has 1 fully saturated rings. The molecule has 0 aliphatic heterocycles. The monoisotopic (exact) mass is 266 g/mol. The van der Waals surface area contributed by atoms with Crippen LogP contribution in [0.5, 0.6) is 0 Å². The summed E-state index contributed by atoms with van der Waals surface area (Å²) in [5.41, 5.74) is 6.47. The first-order valence-corrected chi connectivity index (χ1v) is 6.51. The van der Waals surface area contributed by atoms with Gasteiger partial charge >= 0.3 is 0 Å². The van der Waals surface area contributed by atoms with Crippen LogP contribution in [-0.2, 0) is 0 Å². The number of nitrogens with two attached hydrogens (primary N) is 1. The van der Waals surface area contributed by atoms with E-state index in [-0.39, 0.29) is 29.2 Å². The number of amides is 1. The number of carbonyl (C=O) groups excluding carboxylic acids is 1. The van der Waals surface area contributed by atoms with E-state index in [4.69, 9.17) is 5.73 Å². The second-order valence-corrected chi connectivity index (χ2v) is 5.14. The third-order valence-corrected chi connectivity index (χ3v) is 3.79. The molecule has 0 saturated heterocycles. The first-order valence-electron chi connectivity index (χ1n) is 6.51. The van der Waals surface area contributed by atoms with E-state index in [0.717, 1.165) is 19.3 Å². The lowest BCUT2D eigenvalue weighted by Gasteiger charge is -2.15. The number of aliphatic hydroxyl groups excluding tert-OH is 1. The molecule has 0 radical (unpaired) electrons. The topological polar surface area (TPSA) is 75.4 Å². The molecule has 1 aliphatic carbocycles. The van der Waals surface area contributed by atoms with Gasteiger partial charge in [-0.3, -0.25) is 4.79 Å². The highest BCUT2D eigenvalue weighted by molar-refractivity contribution is 5.95. The summed E-state index contributed by atoms with van der Waals surface area (Å²) >= 11 is 0. The summed E-state index contributed by atoms with van der Waals surface area (Å²) in [6, 6.07) is 2.66. The molecule has 5 heteroatoms. The summed E-state index contributed by atoms with van der Waals surface area (Å²) in [4.78, 5) is 11.9. The Labute approximate surface area is 111 Å². The van der Waals surface area contributed by atoms with Gasteiger partial charge in [0.25, 0.3) is 5.91 Å². The standard InChI is InChI=1S/C14H19FN2O2/c1-8-11(15)5-10(6-12(8)16)14(19)17-7-9-3-2-4-13(9)18/h5-6,9,13,18H,2-4,7,16H2,1H3,(H,17,19). The molecule has 1 amide bonds. The smallest absolute Gasteiger partial charge is 0.251 e. The molecule has 1 aromatic rings. The maximum absolute atomic E-state index is 13.5. The number of benzene rings is 1. The lowest BCUT2D eigenvalue weighted by molar-refractivity contribution is 0.0916. The molecule has 2 unspecified atom stereocenters. The minimum absolute atomic E-state index is 0.0941. The Morgan fingerprint density at radius 1 is 1.53 bits per heavy atom. The zero-order chi connectivity index (χ0) is 14.0. The van der Waals surface area contributed by atoms with Crippen LogP contribution in [0.25, 0.3) is 0 Å². The van der Waals surface area contributed by atoms with Crippen molar-refractivity contribution < 1.29 is 14.3 Å². The number of carbonyl (C=O) groups is 1. The van der Waals surface area contributed by atoms with Gasteiger partial charge < -0.3 is 16.2 Å². The number of aliphatic hydroxyl groups is 1. The van der Waals surface area contributed by atoms with Crippen LogP contribution in [0, 0.1) is 18.7 Å². The van der Waals surface area contributed by atoms with E-state index in [1.54, 1.807) is 6.92 Å². The zero-order valence-corrected chi connectivity index (χ0v) is 10.9. The van der Waals surface area contributed by atoms with Gasteiger partial charge in [0.1, 0.15) is 5.82 Å². The minimum Gasteiger partial charge on any atom is -0.398 e. The molecular weight excluding hydrogens is 247 g/mol. The van der Waals surface area contributed by atoms with Crippen LogP contribution < -0.4 is 11.1 Å². The van der Waals surface area contributed by atoms with Crippen molar-refractivity contribution in [2.45, 2.75) is 32.3 Å². The second-order valence-electron chi connectivity index (χ2n) is 5.14. The molecule has 2 atom stereocenters. The van der Waals surface area contributed by atoms with Gasteiger partial charge in [0.2, 0.25) is 0 Å². The third-order valence-electron chi connectivity index (χ3n) is 3.79. The van der Waals surface area contributed by atoms with E-state index < -0.39 is 5.82 Å². The minimum atomic E-state index is -0.481. The van der Waals surface area contributed by atoms with Gasteiger partial charge in [-0.2, -0.15) is 0 Å². The molecule has 1 aliphatic rings. The number of hydrogen-bond acceptors (Lipinski definition) is 3. The van der Waals surface area contributed by atoms with Gasteiger partial charge in [-0.15, -0.1) is 0 Å². The highest BCUT2D eigenvalue weighted by Gasteiger charge is 2.25. The quantitative estimate of drug-likeness (QED) is 0.727. The van der Waals surface area contributed by atoms with Crippen molar-refractivity contribution >= 4 is 11.6 Å². The maximum Gasteiger partial charge on any atom is 0.251 e. The van der Waals surface area contributed by atoms with E-state index in [9.17, 15) is 14.3 Å². The Kier molecular flexibility index (Phi) is 4.04. The van der Waals surface area contributed by atoms with Crippen molar-refractivity contribution in [1.29, 1.82) is 0 Å². The molecule has 0 heterocycles. The second kappa shape index (κ2) is 5.57. The zero-order valence-electron chi connectivity index (χ0n) is 10.9. The Hall–Kier alpha value is -1.62. The Morgan fingerprint density at radius 2 is 2.26 bits per heavy atom. The fraction of sp³-hybridized carbons (Fsp3) is 0.500. The molecule has 104 valence electrons. The van der Waals surface area contributed by atoms with Gasteiger partial charge in [0, 0.05) is 29.3 Å². The molecule has 2 rings (SSSR count). The van der Waals surface area contributed by atoms with Crippen LogP contribution in [0.15, 0.2) is 12.1 Å². The average Bonchev–Trinajstić information content (AvgIpc) is 2.78. The third kappa shape index (κ3) is 3.04. The van der Waals surface area contributed by atoms with Crippen molar-refractivity contribution in [2.75, 3.05) is 12.3 Å². The molecule has 1 aromatic carbocycles. The van der Waals surface area contributed by atoms with Crippen LogP contribution in [0.2, 0.25) is 0 Å². The Bertz CT molecular complexity index is 467. The summed E-state index contributed by atoms with van der Waals surface area (Å²) in [5.74, 6) is -0.743. The number of hydrogen-bond donors (Lipinski definition) is 3. The van der Waals surface area contributed by atoms with Crippen molar-refractivity contribution in [1.82, 2.24) is 5.32 Å².